The van der Waals surface area contributed by atoms with Gasteiger partial charge in [-0.2, -0.15) is 0 Å². The molecule has 2 atom stereocenters. The first-order valence-corrected chi connectivity index (χ1v) is 13.2. The molecule has 2 aliphatic carbocycles. The maximum atomic E-state index is 6.00. The molecule has 0 aliphatic heterocycles. The third-order valence-corrected chi connectivity index (χ3v) is 7.93. The zero-order valence-corrected chi connectivity index (χ0v) is 20.3. The molecule has 1 fully saturated rings. The third kappa shape index (κ3) is 6.50. The fourth-order valence-corrected chi connectivity index (χ4v) is 5.76. The number of ether oxygens (including phenoxy) is 1. The largest absolute Gasteiger partial charge is 0.489 e. The van der Waals surface area contributed by atoms with E-state index in [2.05, 4.69) is 74.5 Å². The third-order valence-electron chi connectivity index (χ3n) is 7.93. The highest BCUT2D eigenvalue weighted by atomic mass is 16.5. The molecule has 172 valence electrons. The molecule has 2 aromatic carbocycles. The van der Waals surface area contributed by atoms with Crippen LogP contribution in [-0.2, 0) is 6.61 Å². The number of unbranched alkanes of at least 4 members (excludes halogenated alkanes) is 2. The van der Waals surface area contributed by atoms with Crippen molar-refractivity contribution in [2.45, 2.75) is 90.6 Å². The second-order valence-electron chi connectivity index (χ2n) is 10.3. The first-order valence-electron chi connectivity index (χ1n) is 13.2. The number of hydrogen-bond acceptors (Lipinski definition) is 1. The van der Waals surface area contributed by atoms with Gasteiger partial charge in [-0.3, -0.25) is 0 Å². The van der Waals surface area contributed by atoms with Gasteiger partial charge in [0.05, 0.1) is 0 Å². The normalized spacial score (nSPS) is 25.6. The molecule has 0 saturated heterocycles. The topological polar surface area (TPSA) is 9.23 Å². The Morgan fingerprint density at radius 1 is 0.781 bits per heavy atom. The van der Waals surface area contributed by atoms with Gasteiger partial charge in [-0.25, -0.2) is 0 Å². The molecular weight excluding hydrogens is 388 g/mol. The minimum atomic E-state index is 0.638. The number of hydrogen-bond donors (Lipinski definition) is 0. The number of allylic oxidation sites excluding steroid dienone is 2. The molecule has 1 heteroatoms. The second kappa shape index (κ2) is 11.7. The second-order valence-corrected chi connectivity index (χ2v) is 10.3. The van der Waals surface area contributed by atoms with Crippen molar-refractivity contribution in [1.82, 2.24) is 0 Å². The van der Waals surface area contributed by atoms with E-state index in [0.29, 0.717) is 6.61 Å². The van der Waals surface area contributed by atoms with Crippen molar-refractivity contribution >= 4 is 0 Å². The lowest BCUT2D eigenvalue weighted by atomic mass is 9.70. The molecule has 0 aromatic heterocycles. The average molecular weight is 431 g/mol. The summed E-state index contributed by atoms with van der Waals surface area (Å²) < 4.78 is 6.00. The van der Waals surface area contributed by atoms with Gasteiger partial charge in [-0.05, 0) is 98.8 Å². The smallest absolute Gasteiger partial charge is 0.119 e. The minimum Gasteiger partial charge on any atom is -0.489 e. The molecule has 0 bridgehead atoms. The molecule has 0 amide bonds. The molecule has 0 heterocycles. The van der Waals surface area contributed by atoms with Crippen molar-refractivity contribution in [2.75, 3.05) is 0 Å². The van der Waals surface area contributed by atoms with Crippen molar-refractivity contribution in [3.05, 3.63) is 77.4 Å². The highest BCUT2D eigenvalue weighted by Gasteiger charge is 2.28. The average Bonchev–Trinajstić information content (AvgIpc) is 2.85. The van der Waals surface area contributed by atoms with E-state index in [1.54, 1.807) is 0 Å². The van der Waals surface area contributed by atoms with E-state index in [4.69, 9.17) is 4.74 Å². The summed E-state index contributed by atoms with van der Waals surface area (Å²) in [6.45, 7) is 5.06. The molecule has 32 heavy (non-hydrogen) atoms. The molecule has 2 aliphatic rings. The van der Waals surface area contributed by atoms with Crippen LogP contribution in [0.2, 0.25) is 0 Å². The Labute approximate surface area is 196 Å². The van der Waals surface area contributed by atoms with Crippen LogP contribution in [0.3, 0.4) is 0 Å². The van der Waals surface area contributed by atoms with Crippen molar-refractivity contribution in [3.63, 3.8) is 0 Å². The maximum absolute atomic E-state index is 6.00. The van der Waals surface area contributed by atoms with Crippen molar-refractivity contribution < 1.29 is 4.74 Å². The molecular formula is C31H42O. The summed E-state index contributed by atoms with van der Waals surface area (Å²) in [4.78, 5) is 0. The summed E-state index contributed by atoms with van der Waals surface area (Å²) in [5, 5.41) is 0. The first-order chi connectivity index (χ1) is 15.7. The van der Waals surface area contributed by atoms with Crippen LogP contribution in [-0.4, -0.2) is 0 Å². The highest BCUT2D eigenvalue weighted by molar-refractivity contribution is 5.30. The van der Waals surface area contributed by atoms with E-state index in [1.165, 1.54) is 80.9 Å². The SMILES string of the molecule is CCCCCC1C=CC(C2CCC(c3ccc(OCc4ccc(C)cc4)cc3)CC2)CC1. The van der Waals surface area contributed by atoms with Gasteiger partial charge in [0.1, 0.15) is 12.4 Å². The quantitative estimate of drug-likeness (QED) is 0.285. The van der Waals surface area contributed by atoms with Gasteiger partial charge in [0.2, 0.25) is 0 Å². The Balaban J connectivity index is 1.21. The minimum absolute atomic E-state index is 0.638. The van der Waals surface area contributed by atoms with Gasteiger partial charge in [-0.15, -0.1) is 0 Å². The monoisotopic (exact) mass is 430 g/mol. The molecule has 1 saturated carbocycles. The van der Waals surface area contributed by atoms with E-state index in [0.717, 1.165) is 29.4 Å². The Morgan fingerprint density at radius 3 is 2.19 bits per heavy atom. The van der Waals surface area contributed by atoms with E-state index in [9.17, 15) is 0 Å². The standard InChI is InChI=1S/C31H42O/c1-3-4-5-6-25-11-13-27(14-12-25)28-15-17-29(18-16-28)30-19-21-31(22-20-30)32-23-26-9-7-24(2)8-10-26/h7-11,13,19-22,25,27-29H,3-6,12,14-18,23H2,1-2H3. The lowest BCUT2D eigenvalue weighted by molar-refractivity contribution is 0.238. The van der Waals surface area contributed by atoms with Crippen LogP contribution in [0.4, 0.5) is 0 Å². The summed E-state index contributed by atoms with van der Waals surface area (Å²) in [7, 11) is 0. The highest BCUT2D eigenvalue weighted by Crippen LogP contribution is 2.42. The Kier molecular flexibility index (Phi) is 8.49. The van der Waals surface area contributed by atoms with Gasteiger partial charge in [0.25, 0.3) is 0 Å². The number of rotatable bonds is 9. The zero-order valence-electron chi connectivity index (χ0n) is 20.3. The number of aryl methyl sites for hydroxylation is 1. The van der Waals surface area contributed by atoms with E-state index in [-0.39, 0.29) is 0 Å². The summed E-state index contributed by atoms with van der Waals surface area (Å²) in [5.74, 6) is 4.32. The van der Waals surface area contributed by atoms with E-state index >= 15 is 0 Å². The van der Waals surface area contributed by atoms with Crippen molar-refractivity contribution in [1.29, 1.82) is 0 Å². The zero-order chi connectivity index (χ0) is 22.2. The molecule has 1 nitrogen and oxygen atoms in total. The summed E-state index contributed by atoms with van der Waals surface area (Å²) in [5.41, 5.74) is 4.02. The van der Waals surface area contributed by atoms with E-state index in [1.807, 2.05) is 0 Å². The molecule has 2 unspecified atom stereocenters. The number of benzene rings is 2. The van der Waals surface area contributed by atoms with Crippen LogP contribution in [0.25, 0.3) is 0 Å². The Hall–Kier alpha value is -2.02. The molecule has 4 rings (SSSR count). The fourth-order valence-electron chi connectivity index (χ4n) is 5.76. The molecule has 0 N–H and O–H groups in total. The van der Waals surface area contributed by atoms with Crippen LogP contribution in [0.5, 0.6) is 5.75 Å². The Bertz CT molecular complexity index is 824. The fraction of sp³-hybridized carbons (Fsp3) is 0.548. The van der Waals surface area contributed by atoms with Gasteiger partial charge < -0.3 is 4.74 Å². The summed E-state index contributed by atoms with van der Waals surface area (Å²) >= 11 is 0. The lowest BCUT2D eigenvalue weighted by Gasteiger charge is -2.35. The van der Waals surface area contributed by atoms with Crippen LogP contribution in [0.15, 0.2) is 60.7 Å². The summed E-state index contributed by atoms with van der Waals surface area (Å²) in [6, 6.07) is 17.5. The van der Waals surface area contributed by atoms with Crippen LogP contribution in [0, 0.1) is 24.7 Å². The maximum Gasteiger partial charge on any atom is 0.119 e. The predicted octanol–water partition coefficient (Wildman–Crippen LogP) is 9.01. The van der Waals surface area contributed by atoms with Gasteiger partial charge in [0, 0.05) is 0 Å². The van der Waals surface area contributed by atoms with Gasteiger partial charge >= 0.3 is 0 Å². The van der Waals surface area contributed by atoms with Gasteiger partial charge in [-0.1, -0.05) is 80.3 Å². The van der Waals surface area contributed by atoms with Crippen LogP contribution in [0.1, 0.15) is 93.7 Å². The molecule has 0 radical (unpaired) electrons. The molecule has 0 spiro atoms. The van der Waals surface area contributed by atoms with E-state index < -0.39 is 0 Å². The van der Waals surface area contributed by atoms with Crippen LogP contribution < -0.4 is 4.74 Å². The Morgan fingerprint density at radius 2 is 1.53 bits per heavy atom. The van der Waals surface area contributed by atoms with Crippen molar-refractivity contribution in [3.8, 4) is 5.75 Å². The lowest BCUT2D eigenvalue weighted by Crippen LogP contribution is -2.22. The van der Waals surface area contributed by atoms with Gasteiger partial charge in [0.15, 0.2) is 0 Å². The van der Waals surface area contributed by atoms with Crippen molar-refractivity contribution in [2.24, 2.45) is 17.8 Å². The molecule has 2 aromatic rings. The summed E-state index contributed by atoms with van der Waals surface area (Å²) in [6.07, 6.45) is 19.1. The predicted molar refractivity (Wildman–Crippen MR) is 136 cm³/mol. The first kappa shape index (κ1) is 23.1. The van der Waals surface area contributed by atoms with Crippen LogP contribution >= 0.6 is 0 Å².